The van der Waals surface area contributed by atoms with Gasteiger partial charge in [0, 0.05) is 18.0 Å². The molecule has 0 radical (unpaired) electrons. The van der Waals surface area contributed by atoms with Crippen LogP contribution in [0.15, 0.2) is 71.1 Å². The number of Topliss-reactive ketones (excluding diaryl/α,β-unsaturated/α-hetero) is 1. The molecule has 0 bridgehead atoms. The quantitative estimate of drug-likeness (QED) is 0.349. The van der Waals surface area contributed by atoms with Gasteiger partial charge in [0.15, 0.2) is 0 Å². The lowest BCUT2D eigenvalue weighted by molar-refractivity contribution is -0.140. The second-order valence-corrected chi connectivity index (χ2v) is 7.27. The van der Waals surface area contributed by atoms with Crippen molar-refractivity contribution in [1.82, 2.24) is 9.88 Å². The average molecular weight is 439 g/mol. The van der Waals surface area contributed by atoms with Gasteiger partial charge in [0.2, 0.25) is 0 Å². The number of aliphatic hydroxyl groups excluding tert-OH is 1. The number of likely N-dealkylation sites (tertiary alicyclic amines) is 1. The van der Waals surface area contributed by atoms with E-state index in [4.69, 9.17) is 20.8 Å². The van der Waals surface area contributed by atoms with Gasteiger partial charge in [-0.05, 0) is 55.0 Å². The highest BCUT2D eigenvalue weighted by atomic mass is 35.5. The van der Waals surface area contributed by atoms with Crippen LogP contribution in [0.5, 0.6) is 5.75 Å². The molecule has 1 unspecified atom stereocenters. The summed E-state index contributed by atoms with van der Waals surface area (Å²) in [6.07, 6.45) is 4.63. The molecular formula is C23H19ClN2O5. The summed E-state index contributed by atoms with van der Waals surface area (Å²) < 4.78 is 10.9. The van der Waals surface area contributed by atoms with Crippen molar-refractivity contribution in [1.29, 1.82) is 0 Å². The lowest BCUT2D eigenvalue weighted by Crippen LogP contribution is -2.29. The number of amides is 1. The van der Waals surface area contributed by atoms with Crippen molar-refractivity contribution in [2.24, 2.45) is 0 Å². The van der Waals surface area contributed by atoms with Gasteiger partial charge in [-0.3, -0.25) is 14.6 Å². The normalized spacial score (nSPS) is 17.9. The zero-order valence-corrected chi connectivity index (χ0v) is 17.4. The molecule has 158 valence electrons. The van der Waals surface area contributed by atoms with Crippen LogP contribution >= 0.6 is 11.6 Å². The second-order valence-electron chi connectivity index (χ2n) is 6.87. The molecule has 1 fully saturated rings. The molecule has 31 heavy (non-hydrogen) atoms. The number of carbonyl (C=O) groups is 2. The summed E-state index contributed by atoms with van der Waals surface area (Å²) in [6.45, 7) is 2.27. The van der Waals surface area contributed by atoms with Crippen LogP contribution in [-0.2, 0) is 16.1 Å². The van der Waals surface area contributed by atoms with E-state index in [2.05, 4.69) is 4.98 Å². The predicted molar refractivity (Wildman–Crippen MR) is 113 cm³/mol. The summed E-state index contributed by atoms with van der Waals surface area (Å²) in [5, 5.41) is 11.5. The summed E-state index contributed by atoms with van der Waals surface area (Å²) in [5.74, 6) is -0.915. The molecule has 1 aliphatic heterocycles. The minimum absolute atomic E-state index is 0.0208. The Labute approximate surface area is 183 Å². The summed E-state index contributed by atoms with van der Waals surface area (Å²) >= 11 is 6.15. The number of furan rings is 1. The fourth-order valence-corrected chi connectivity index (χ4v) is 3.75. The van der Waals surface area contributed by atoms with E-state index in [1.54, 1.807) is 54.9 Å². The van der Waals surface area contributed by atoms with Gasteiger partial charge in [0.25, 0.3) is 11.7 Å². The zero-order valence-electron chi connectivity index (χ0n) is 16.6. The number of pyridine rings is 1. The average Bonchev–Trinajstić information content (AvgIpc) is 3.38. The molecule has 3 aromatic rings. The highest BCUT2D eigenvalue weighted by Gasteiger charge is 2.46. The lowest BCUT2D eigenvalue weighted by atomic mass is 9.96. The third kappa shape index (κ3) is 3.92. The fourth-order valence-electron chi connectivity index (χ4n) is 3.58. The summed E-state index contributed by atoms with van der Waals surface area (Å²) in [7, 11) is 0. The standard InChI is InChI=1S/C23H19ClN2O5/c1-2-30-18-12-15(5-6-17(18)24)21(27)19-20(14-7-9-25-10-8-14)26(23(29)22(19)28)13-16-4-3-11-31-16/h3-12,20,27H,2,13H2,1H3/b21-19-. The van der Waals surface area contributed by atoms with Crippen molar-refractivity contribution < 1.29 is 23.8 Å². The Morgan fingerprint density at radius 2 is 2.00 bits per heavy atom. The zero-order chi connectivity index (χ0) is 22.0. The molecule has 0 saturated carbocycles. The molecule has 0 aliphatic carbocycles. The van der Waals surface area contributed by atoms with E-state index in [9.17, 15) is 14.7 Å². The molecule has 0 spiro atoms. The Morgan fingerprint density at radius 1 is 1.23 bits per heavy atom. The maximum Gasteiger partial charge on any atom is 0.296 e. The molecule has 1 saturated heterocycles. The Kier molecular flexibility index (Phi) is 5.77. The first-order valence-corrected chi connectivity index (χ1v) is 10.0. The van der Waals surface area contributed by atoms with E-state index in [1.165, 1.54) is 11.2 Å². The molecule has 4 rings (SSSR count). The number of ether oxygens (including phenoxy) is 1. The number of ketones is 1. The van der Waals surface area contributed by atoms with Crippen molar-refractivity contribution in [3.05, 3.63) is 88.6 Å². The molecule has 8 heteroatoms. The number of nitrogens with zero attached hydrogens (tertiary/aromatic N) is 2. The highest BCUT2D eigenvalue weighted by Crippen LogP contribution is 2.41. The monoisotopic (exact) mass is 438 g/mol. The molecule has 1 amide bonds. The SMILES string of the molecule is CCOc1cc(/C(O)=C2/C(=O)C(=O)N(Cc3ccco3)C2c2ccncc2)ccc1Cl. The Hall–Kier alpha value is -3.58. The minimum Gasteiger partial charge on any atom is -0.507 e. The van der Waals surface area contributed by atoms with Crippen molar-refractivity contribution in [3.8, 4) is 5.75 Å². The van der Waals surface area contributed by atoms with Crippen LogP contribution in [0.1, 0.15) is 29.9 Å². The van der Waals surface area contributed by atoms with Crippen LogP contribution in [0.4, 0.5) is 0 Å². The summed E-state index contributed by atoms with van der Waals surface area (Å²) in [6, 6.07) is 10.7. The van der Waals surface area contributed by atoms with Gasteiger partial charge in [-0.1, -0.05) is 11.6 Å². The number of rotatable bonds is 6. The Morgan fingerprint density at radius 3 is 2.68 bits per heavy atom. The molecule has 7 nitrogen and oxygen atoms in total. The first-order chi connectivity index (χ1) is 15.0. The molecule has 1 N–H and O–H groups in total. The van der Waals surface area contributed by atoms with Crippen molar-refractivity contribution >= 4 is 29.1 Å². The van der Waals surface area contributed by atoms with Gasteiger partial charge in [-0.15, -0.1) is 0 Å². The van der Waals surface area contributed by atoms with Crippen LogP contribution in [0.25, 0.3) is 5.76 Å². The fraction of sp³-hybridized carbons (Fsp3) is 0.174. The first-order valence-electron chi connectivity index (χ1n) is 9.64. The van der Waals surface area contributed by atoms with E-state index >= 15 is 0 Å². The highest BCUT2D eigenvalue weighted by molar-refractivity contribution is 6.46. The number of carbonyl (C=O) groups excluding carboxylic acids is 2. The third-order valence-electron chi connectivity index (χ3n) is 4.97. The lowest BCUT2D eigenvalue weighted by Gasteiger charge is -2.24. The van der Waals surface area contributed by atoms with Crippen LogP contribution in [0.2, 0.25) is 5.02 Å². The van der Waals surface area contributed by atoms with E-state index in [-0.39, 0.29) is 17.9 Å². The maximum absolute atomic E-state index is 13.0. The van der Waals surface area contributed by atoms with Crippen LogP contribution in [0.3, 0.4) is 0 Å². The number of benzene rings is 1. The number of halogens is 1. The molecule has 2 aromatic heterocycles. The number of aliphatic hydroxyl groups is 1. The first kappa shape index (κ1) is 20.7. The van der Waals surface area contributed by atoms with Gasteiger partial charge in [0.05, 0.1) is 36.1 Å². The maximum atomic E-state index is 13.0. The minimum atomic E-state index is -0.806. The predicted octanol–water partition coefficient (Wildman–Crippen LogP) is 4.35. The van der Waals surface area contributed by atoms with Gasteiger partial charge < -0.3 is 19.2 Å². The largest absolute Gasteiger partial charge is 0.507 e. The number of hydrogen-bond acceptors (Lipinski definition) is 6. The van der Waals surface area contributed by atoms with Gasteiger partial charge in [-0.2, -0.15) is 0 Å². The molecular weight excluding hydrogens is 420 g/mol. The Balaban J connectivity index is 1.85. The molecule has 1 aliphatic rings. The smallest absolute Gasteiger partial charge is 0.296 e. The van der Waals surface area contributed by atoms with Crippen LogP contribution in [-0.4, -0.2) is 33.3 Å². The topological polar surface area (TPSA) is 92.9 Å². The van der Waals surface area contributed by atoms with Crippen LogP contribution in [0, 0.1) is 0 Å². The number of aromatic nitrogens is 1. The van der Waals surface area contributed by atoms with Gasteiger partial charge >= 0.3 is 0 Å². The third-order valence-corrected chi connectivity index (χ3v) is 5.28. The van der Waals surface area contributed by atoms with Crippen LogP contribution < -0.4 is 4.74 Å². The molecule has 3 heterocycles. The number of hydrogen-bond donors (Lipinski definition) is 1. The van der Waals surface area contributed by atoms with Crippen molar-refractivity contribution in [3.63, 3.8) is 0 Å². The molecule has 1 atom stereocenters. The summed E-state index contributed by atoms with van der Waals surface area (Å²) in [5.41, 5.74) is 0.941. The van der Waals surface area contributed by atoms with E-state index in [0.717, 1.165) is 0 Å². The molecule has 1 aromatic carbocycles. The van der Waals surface area contributed by atoms with E-state index < -0.39 is 17.7 Å². The van der Waals surface area contributed by atoms with Crippen molar-refractivity contribution in [2.45, 2.75) is 19.5 Å². The van der Waals surface area contributed by atoms with E-state index in [1.807, 2.05) is 6.92 Å². The van der Waals surface area contributed by atoms with Crippen molar-refractivity contribution in [2.75, 3.05) is 6.61 Å². The van der Waals surface area contributed by atoms with Gasteiger partial charge in [0.1, 0.15) is 17.3 Å². The Bertz CT molecular complexity index is 1140. The van der Waals surface area contributed by atoms with Gasteiger partial charge in [-0.25, -0.2) is 0 Å². The van der Waals surface area contributed by atoms with E-state index in [0.29, 0.717) is 34.3 Å². The summed E-state index contributed by atoms with van der Waals surface area (Å²) in [4.78, 5) is 31.3. The second kappa shape index (κ2) is 8.65.